The van der Waals surface area contributed by atoms with Gasteiger partial charge in [0.15, 0.2) is 0 Å². The summed E-state index contributed by atoms with van der Waals surface area (Å²) >= 11 is 0. The van der Waals surface area contributed by atoms with Crippen LogP contribution in [0.1, 0.15) is 30.2 Å². The first-order valence-electron chi connectivity index (χ1n) is 7.40. The third kappa shape index (κ3) is 2.30. The van der Waals surface area contributed by atoms with Crippen LogP contribution in [0.25, 0.3) is 0 Å². The van der Waals surface area contributed by atoms with Gasteiger partial charge in [-0.2, -0.15) is 0 Å². The summed E-state index contributed by atoms with van der Waals surface area (Å²) in [6.45, 7) is 12.2. The van der Waals surface area contributed by atoms with Crippen molar-refractivity contribution in [1.29, 1.82) is 0 Å². The first-order valence-corrected chi connectivity index (χ1v) is 7.40. The van der Waals surface area contributed by atoms with E-state index in [9.17, 15) is 0 Å². The van der Waals surface area contributed by atoms with Crippen molar-refractivity contribution in [1.82, 2.24) is 24.7 Å². The highest BCUT2D eigenvalue weighted by molar-refractivity contribution is 5.23. The summed E-state index contributed by atoms with van der Waals surface area (Å²) in [5.74, 6) is 1.13. The summed E-state index contributed by atoms with van der Waals surface area (Å²) in [6, 6.07) is 0.461. The van der Waals surface area contributed by atoms with E-state index in [4.69, 9.17) is 4.98 Å². The molecule has 2 aliphatic heterocycles. The smallest absolute Gasteiger partial charge is 0.105 e. The Kier molecular flexibility index (Phi) is 3.60. The van der Waals surface area contributed by atoms with Crippen molar-refractivity contribution in [3.05, 3.63) is 17.2 Å². The van der Waals surface area contributed by atoms with Gasteiger partial charge in [0.25, 0.3) is 0 Å². The number of likely N-dealkylation sites (N-methyl/N-ethyl adjacent to an activating group) is 1. The molecule has 106 valence electrons. The molecule has 0 amide bonds. The quantitative estimate of drug-likeness (QED) is 0.843. The minimum Gasteiger partial charge on any atom is -0.334 e. The van der Waals surface area contributed by atoms with Crippen molar-refractivity contribution in [3.8, 4) is 0 Å². The van der Waals surface area contributed by atoms with Gasteiger partial charge in [-0.15, -0.1) is 0 Å². The highest BCUT2D eigenvalue weighted by Crippen LogP contribution is 2.27. The molecule has 0 radical (unpaired) electrons. The lowest BCUT2D eigenvalue weighted by molar-refractivity contribution is 0.0930. The average molecular weight is 263 g/mol. The van der Waals surface area contributed by atoms with Gasteiger partial charge >= 0.3 is 0 Å². The number of fused-ring (bicyclic) bond motifs is 1. The van der Waals surface area contributed by atoms with Gasteiger partial charge in [0.05, 0.1) is 17.4 Å². The van der Waals surface area contributed by atoms with E-state index < -0.39 is 0 Å². The van der Waals surface area contributed by atoms with Crippen LogP contribution in [0.5, 0.6) is 0 Å². The third-order valence-corrected chi connectivity index (χ3v) is 4.71. The predicted molar refractivity (Wildman–Crippen MR) is 76.1 cm³/mol. The summed E-state index contributed by atoms with van der Waals surface area (Å²) in [5, 5.41) is 3.55. The standard InChI is InChI=1S/C14H25N5/c1-4-18-5-7-19(8-6-18)13-10-15-9-12-14(13)16-11(2)17(12)3/h13,15H,4-10H2,1-3H3. The predicted octanol–water partition coefficient (Wildman–Crippen LogP) is 0.510. The maximum atomic E-state index is 4.81. The lowest BCUT2D eigenvalue weighted by Crippen LogP contribution is -2.50. The summed E-state index contributed by atoms with van der Waals surface area (Å²) in [5.41, 5.74) is 2.68. The van der Waals surface area contributed by atoms with E-state index in [2.05, 4.69) is 40.6 Å². The molecule has 0 spiro atoms. The molecular weight excluding hydrogens is 238 g/mol. The largest absolute Gasteiger partial charge is 0.334 e. The third-order valence-electron chi connectivity index (χ3n) is 4.71. The van der Waals surface area contributed by atoms with E-state index in [1.807, 2.05) is 0 Å². The first-order chi connectivity index (χ1) is 9.20. The van der Waals surface area contributed by atoms with E-state index >= 15 is 0 Å². The zero-order valence-electron chi connectivity index (χ0n) is 12.3. The topological polar surface area (TPSA) is 36.3 Å². The minimum absolute atomic E-state index is 0.461. The molecule has 2 aliphatic rings. The Morgan fingerprint density at radius 1 is 1.26 bits per heavy atom. The van der Waals surface area contributed by atoms with E-state index in [1.54, 1.807) is 0 Å². The average Bonchev–Trinajstić information content (AvgIpc) is 2.75. The second-order valence-electron chi connectivity index (χ2n) is 5.67. The van der Waals surface area contributed by atoms with E-state index in [-0.39, 0.29) is 0 Å². The Morgan fingerprint density at radius 2 is 2.00 bits per heavy atom. The number of piperazine rings is 1. The summed E-state index contributed by atoms with van der Waals surface area (Å²) in [7, 11) is 2.13. The van der Waals surface area contributed by atoms with Crippen molar-refractivity contribution < 1.29 is 0 Å². The first kappa shape index (κ1) is 13.1. The van der Waals surface area contributed by atoms with Crippen LogP contribution < -0.4 is 5.32 Å². The lowest BCUT2D eigenvalue weighted by Gasteiger charge is -2.40. The lowest BCUT2D eigenvalue weighted by atomic mass is 10.1. The van der Waals surface area contributed by atoms with Gasteiger partial charge in [0.1, 0.15) is 5.82 Å². The summed E-state index contributed by atoms with van der Waals surface area (Å²) in [6.07, 6.45) is 0. The van der Waals surface area contributed by atoms with E-state index in [0.29, 0.717) is 6.04 Å². The number of imidazole rings is 1. The Hall–Kier alpha value is -0.910. The fraction of sp³-hybridized carbons (Fsp3) is 0.786. The van der Waals surface area contributed by atoms with Crippen LogP contribution in [-0.4, -0.2) is 58.6 Å². The van der Waals surface area contributed by atoms with Crippen LogP contribution in [0.3, 0.4) is 0 Å². The molecule has 1 aromatic heterocycles. The number of nitrogens with zero attached hydrogens (tertiary/aromatic N) is 4. The number of rotatable bonds is 2. The molecule has 1 saturated heterocycles. The van der Waals surface area contributed by atoms with Crippen LogP contribution >= 0.6 is 0 Å². The Bertz CT molecular complexity index is 445. The number of hydrogen-bond acceptors (Lipinski definition) is 4. The zero-order chi connectivity index (χ0) is 13.4. The van der Waals surface area contributed by atoms with Crippen molar-refractivity contribution in [2.45, 2.75) is 26.4 Å². The molecule has 1 unspecified atom stereocenters. The van der Waals surface area contributed by atoms with Crippen LogP contribution in [-0.2, 0) is 13.6 Å². The molecular formula is C14H25N5. The molecule has 5 heteroatoms. The molecule has 1 aromatic rings. The molecule has 1 N–H and O–H groups in total. The molecule has 3 rings (SSSR count). The van der Waals surface area contributed by atoms with Gasteiger partial charge < -0.3 is 14.8 Å². The Morgan fingerprint density at radius 3 is 2.68 bits per heavy atom. The van der Waals surface area contributed by atoms with Gasteiger partial charge in [-0.3, -0.25) is 4.90 Å². The van der Waals surface area contributed by atoms with Crippen LogP contribution in [0, 0.1) is 6.92 Å². The number of hydrogen-bond donors (Lipinski definition) is 1. The molecule has 0 aromatic carbocycles. The SMILES string of the molecule is CCN1CCN(C2CNCc3c2nc(C)n3C)CC1. The van der Waals surface area contributed by atoms with E-state index in [1.165, 1.54) is 31.0 Å². The normalized spacial score (nSPS) is 25.5. The molecule has 1 fully saturated rings. The minimum atomic E-state index is 0.461. The zero-order valence-corrected chi connectivity index (χ0v) is 12.3. The highest BCUT2D eigenvalue weighted by atomic mass is 15.3. The molecule has 0 saturated carbocycles. The van der Waals surface area contributed by atoms with E-state index in [0.717, 1.165) is 32.0 Å². The highest BCUT2D eigenvalue weighted by Gasteiger charge is 2.31. The van der Waals surface area contributed by atoms with Gasteiger partial charge in [-0.25, -0.2) is 4.98 Å². The molecule has 1 atom stereocenters. The maximum Gasteiger partial charge on any atom is 0.105 e. The number of nitrogens with one attached hydrogen (secondary N) is 1. The second-order valence-corrected chi connectivity index (χ2v) is 5.67. The van der Waals surface area contributed by atoms with Crippen molar-refractivity contribution in [2.75, 3.05) is 39.3 Å². The molecule has 3 heterocycles. The molecule has 0 aliphatic carbocycles. The van der Waals surface area contributed by atoms with Crippen molar-refractivity contribution in [3.63, 3.8) is 0 Å². The Labute approximate surface area is 115 Å². The van der Waals surface area contributed by atoms with Crippen LogP contribution in [0.2, 0.25) is 0 Å². The number of aromatic nitrogens is 2. The van der Waals surface area contributed by atoms with Gasteiger partial charge in [0, 0.05) is 46.3 Å². The summed E-state index contributed by atoms with van der Waals surface area (Å²) < 4.78 is 2.23. The maximum absolute atomic E-state index is 4.81. The van der Waals surface area contributed by atoms with Gasteiger partial charge in [-0.1, -0.05) is 6.92 Å². The van der Waals surface area contributed by atoms with Crippen LogP contribution in [0.15, 0.2) is 0 Å². The fourth-order valence-electron chi connectivity index (χ4n) is 3.27. The second kappa shape index (κ2) is 5.23. The Balaban J connectivity index is 1.79. The van der Waals surface area contributed by atoms with Crippen LogP contribution in [0.4, 0.5) is 0 Å². The number of aryl methyl sites for hydroxylation is 1. The van der Waals surface area contributed by atoms with Gasteiger partial charge in [-0.05, 0) is 13.5 Å². The summed E-state index contributed by atoms with van der Waals surface area (Å²) in [4.78, 5) is 9.94. The van der Waals surface area contributed by atoms with Crippen molar-refractivity contribution in [2.24, 2.45) is 7.05 Å². The monoisotopic (exact) mass is 263 g/mol. The van der Waals surface area contributed by atoms with Crippen molar-refractivity contribution >= 4 is 0 Å². The van der Waals surface area contributed by atoms with Gasteiger partial charge in [0.2, 0.25) is 0 Å². The molecule has 5 nitrogen and oxygen atoms in total. The fourth-order valence-corrected chi connectivity index (χ4v) is 3.27. The molecule has 0 bridgehead atoms. The molecule has 19 heavy (non-hydrogen) atoms.